The van der Waals surface area contributed by atoms with Crippen molar-refractivity contribution in [2.24, 2.45) is 5.92 Å². The Balaban J connectivity index is 2.26. The summed E-state index contributed by atoms with van der Waals surface area (Å²) in [5, 5.41) is 6.39. The molecule has 1 amide bonds. The quantitative estimate of drug-likeness (QED) is 0.704. The Kier molecular flexibility index (Phi) is 6.27. The highest BCUT2D eigenvalue weighted by molar-refractivity contribution is 5.81. The van der Waals surface area contributed by atoms with Crippen LogP contribution in [-0.4, -0.2) is 49.6 Å². The van der Waals surface area contributed by atoms with E-state index in [0.717, 1.165) is 19.5 Å². The first-order valence-corrected chi connectivity index (χ1v) is 7.56. The number of amides is 1. The van der Waals surface area contributed by atoms with Crippen molar-refractivity contribution in [3.05, 3.63) is 0 Å². The Morgan fingerprint density at radius 3 is 2.32 bits per heavy atom. The van der Waals surface area contributed by atoms with E-state index in [2.05, 4.69) is 43.5 Å². The molecule has 1 rings (SSSR count). The molecule has 0 aliphatic heterocycles. The van der Waals surface area contributed by atoms with Crippen LogP contribution >= 0.6 is 0 Å². The minimum atomic E-state index is -0.107. The molecule has 0 aromatic carbocycles. The molecule has 0 aromatic heterocycles. The van der Waals surface area contributed by atoms with Gasteiger partial charge in [0, 0.05) is 18.6 Å². The second-order valence-corrected chi connectivity index (χ2v) is 6.55. The lowest BCUT2D eigenvalue weighted by atomic mass is 9.75. The summed E-state index contributed by atoms with van der Waals surface area (Å²) in [5.41, 5.74) is 0.270. The van der Waals surface area contributed by atoms with E-state index in [1.807, 2.05) is 6.92 Å². The topological polar surface area (TPSA) is 44.4 Å². The largest absolute Gasteiger partial charge is 0.355 e. The number of rotatable bonds is 8. The van der Waals surface area contributed by atoms with Crippen LogP contribution in [0.3, 0.4) is 0 Å². The molecule has 112 valence electrons. The summed E-state index contributed by atoms with van der Waals surface area (Å²) in [4.78, 5) is 14.2. The van der Waals surface area contributed by atoms with Gasteiger partial charge in [-0.25, -0.2) is 0 Å². The van der Waals surface area contributed by atoms with Crippen molar-refractivity contribution in [3.8, 4) is 0 Å². The molecule has 1 saturated carbocycles. The number of hydrogen-bond donors (Lipinski definition) is 2. The number of carbonyl (C=O) groups is 1. The number of nitrogens with zero attached hydrogens (tertiary/aromatic N) is 1. The van der Waals surface area contributed by atoms with E-state index in [4.69, 9.17) is 0 Å². The monoisotopic (exact) mass is 269 g/mol. The van der Waals surface area contributed by atoms with Crippen LogP contribution in [0.25, 0.3) is 0 Å². The first-order valence-electron chi connectivity index (χ1n) is 7.56. The lowest BCUT2D eigenvalue weighted by Gasteiger charge is -2.48. The van der Waals surface area contributed by atoms with Gasteiger partial charge < -0.3 is 15.5 Å². The lowest BCUT2D eigenvalue weighted by Crippen LogP contribution is -2.58. The maximum Gasteiger partial charge on any atom is 0.236 e. The fourth-order valence-electron chi connectivity index (χ4n) is 2.44. The summed E-state index contributed by atoms with van der Waals surface area (Å²) in [6.45, 7) is 7.98. The number of carbonyl (C=O) groups excluding carboxylic acids is 1. The lowest BCUT2D eigenvalue weighted by molar-refractivity contribution is -0.123. The van der Waals surface area contributed by atoms with Gasteiger partial charge in [-0.1, -0.05) is 13.8 Å². The first kappa shape index (κ1) is 16.4. The van der Waals surface area contributed by atoms with Crippen LogP contribution in [-0.2, 0) is 4.79 Å². The van der Waals surface area contributed by atoms with Crippen molar-refractivity contribution in [1.82, 2.24) is 15.5 Å². The van der Waals surface area contributed by atoms with E-state index in [1.54, 1.807) is 0 Å². The van der Waals surface area contributed by atoms with Crippen molar-refractivity contribution in [3.63, 3.8) is 0 Å². The summed E-state index contributed by atoms with van der Waals surface area (Å²) in [6, 6.07) is -0.107. The van der Waals surface area contributed by atoms with Crippen molar-refractivity contribution < 1.29 is 4.79 Å². The molecule has 1 atom stereocenters. The second-order valence-electron chi connectivity index (χ2n) is 6.55. The van der Waals surface area contributed by atoms with Gasteiger partial charge in [0.05, 0.1) is 6.04 Å². The van der Waals surface area contributed by atoms with Crippen molar-refractivity contribution in [2.75, 3.05) is 27.2 Å². The molecule has 4 heteroatoms. The van der Waals surface area contributed by atoms with Crippen molar-refractivity contribution in [2.45, 2.75) is 58.0 Å². The van der Waals surface area contributed by atoms with E-state index in [-0.39, 0.29) is 17.5 Å². The van der Waals surface area contributed by atoms with E-state index < -0.39 is 0 Å². The SMILES string of the molecule is CC(C)CCNC(=O)C(C)NCC1(N(C)C)CCC1. The molecular weight excluding hydrogens is 238 g/mol. The van der Waals surface area contributed by atoms with Gasteiger partial charge in [-0.3, -0.25) is 4.79 Å². The first-order chi connectivity index (χ1) is 8.87. The highest BCUT2D eigenvalue weighted by Crippen LogP contribution is 2.35. The van der Waals surface area contributed by atoms with Gasteiger partial charge in [0.15, 0.2) is 0 Å². The summed E-state index contributed by atoms with van der Waals surface area (Å²) in [6.07, 6.45) is 4.80. The van der Waals surface area contributed by atoms with E-state index >= 15 is 0 Å². The Bertz CT molecular complexity index is 285. The van der Waals surface area contributed by atoms with Gasteiger partial charge in [-0.15, -0.1) is 0 Å². The molecule has 0 aromatic rings. The van der Waals surface area contributed by atoms with E-state index in [1.165, 1.54) is 19.3 Å². The molecular formula is C15H31N3O. The van der Waals surface area contributed by atoms with Crippen LogP contribution in [0.1, 0.15) is 46.5 Å². The number of likely N-dealkylation sites (N-methyl/N-ethyl adjacent to an activating group) is 1. The predicted molar refractivity (Wildman–Crippen MR) is 80.2 cm³/mol. The molecule has 1 unspecified atom stereocenters. The maximum atomic E-state index is 11.9. The van der Waals surface area contributed by atoms with Crippen LogP contribution in [0.15, 0.2) is 0 Å². The zero-order chi connectivity index (χ0) is 14.5. The fourth-order valence-corrected chi connectivity index (χ4v) is 2.44. The summed E-state index contributed by atoms with van der Waals surface area (Å²) in [7, 11) is 4.27. The van der Waals surface area contributed by atoms with Gasteiger partial charge in [-0.2, -0.15) is 0 Å². The average molecular weight is 269 g/mol. The third-order valence-electron chi connectivity index (χ3n) is 4.38. The Hall–Kier alpha value is -0.610. The molecule has 0 heterocycles. The van der Waals surface area contributed by atoms with Crippen molar-refractivity contribution >= 4 is 5.91 Å². The normalized spacial score (nSPS) is 19.3. The zero-order valence-corrected chi connectivity index (χ0v) is 13.3. The molecule has 1 aliphatic carbocycles. The Labute approximate surface area is 118 Å². The molecule has 19 heavy (non-hydrogen) atoms. The minimum absolute atomic E-state index is 0.107. The van der Waals surface area contributed by atoms with Gasteiger partial charge in [0.2, 0.25) is 5.91 Å². The highest BCUT2D eigenvalue weighted by atomic mass is 16.2. The van der Waals surface area contributed by atoms with Crippen LogP contribution in [0.5, 0.6) is 0 Å². The van der Waals surface area contributed by atoms with Crippen LogP contribution in [0, 0.1) is 5.92 Å². The number of nitrogens with one attached hydrogen (secondary N) is 2. The predicted octanol–water partition coefficient (Wildman–Crippen LogP) is 1.61. The third-order valence-corrected chi connectivity index (χ3v) is 4.38. The average Bonchev–Trinajstić information content (AvgIpc) is 2.25. The van der Waals surface area contributed by atoms with Crippen LogP contribution < -0.4 is 10.6 Å². The zero-order valence-electron chi connectivity index (χ0n) is 13.3. The minimum Gasteiger partial charge on any atom is -0.355 e. The molecule has 0 saturated heterocycles. The Morgan fingerprint density at radius 1 is 1.26 bits per heavy atom. The molecule has 4 nitrogen and oxygen atoms in total. The smallest absolute Gasteiger partial charge is 0.236 e. The van der Waals surface area contributed by atoms with Gasteiger partial charge >= 0.3 is 0 Å². The highest BCUT2D eigenvalue weighted by Gasteiger charge is 2.39. The molecule has 1 fully saturated rings. The van der Waals surface area contributed by atoms with Gasteiger partial charge in [-0.05, 0) is 52.6 Å². The third kappa shape index (κ3) is 4.77. The standard InChI is InChI=1S/C15H31N3O/c1-12(2)7-10-16-14(19)13(3)17-11-15(18(4)5)8-6-9-15/h12-13,17H,6-11H2,1-5H3,(H,16,19). The second kappa shape index (κ2) is 7.25. The van der Waals surface area contributed by atoms with E-state index in [9.17, 15) is 4.79 Å². The van der Waals surface area contributed by atoms with Gasteiger partial charge in [0.1, 0.15) is 0 Å². The fraction of sp³-hybridized carbons (Fsp3) is 0.933. The summed E-state index contributed by atoms with van der Waals surface area (Å²) in [5.74, 6) is 0.754. The molecule has 0 bridgehead atoms. The van der Waals surface area contributed by atoms with Crippen molar-refractivity contribution in [1.29, 1.82) is 0 Å². The molecule has 0 spiro atoms. The summed E-state index contributed by atoms with van der Waals surface area (Å²) < 4.78 is 0. The van der Waals surface area contributed by atoms with E-state index in [0.29, 0.717) is 5.92 Å². The molecule has 1 aliphatic rings. The maximum absolute atomic E-state index is 11.9. The summed E-state index contributed by atoms with van der Waals surface area (Å²) >= 11 is 0. The molecule has 0 radical (unpaired) electrons. The van der Waals surface area contributed by atoms with Crippen LogP contribution in [0.4, 0.5) is 0 Å². The molecule has 2 N–H and O–H groups in total. The van der Waals surface area contributed by atoms with Crippen LogP contribution in [0.2, 0.25) is 0 Å². The Morgan fingerprint density at radius 2 is 1.89 bits per heavy atom. The number of hydrogen-bond acceptors (Lipinski definition) is 3. The van der Waals surface area contributed by atoms with Gasteiger partial charge in [0.25, 0.3) is 0 Å².